The Morgan fingerprint density at radius 1 is 0.850 bits per heavy atom. The Morgan fingerprint density at radius 3 is 2.62 bits per heavy atom. The molecule has 0 unspecified atom stereocenters. The van der Waals surface area contributed by atoms with Gasteiger partial charge in [-0.25, -0.2) is 18.7 Å². The number of carbonyl (C=O) groups excluding carboxylic acids is 1. The van der Waals surface area contributed by atoms with Crippen molar-refractivity contribution in [2.75, 3.05) is 5.32 Å². The smallest absolute Gasteiger partial charge is 0.255 e. The lowest BCUT2D eigenvalue weighted by Crippen LogP contribution is -2.24. The van der Waals surface area contributed by atoms with Gasteiger partial charge in [0.25, 0.3) is 5.91 Å². The summed E-state index contributed by atoms with van der Waals surface area (Å²) in [4.78, 5) is 32.7. The average molecular weight is 536 g/mol. The molecule has 40 heavy (non-hydrogen) atoms. The fourth-order valence-corrected chi connectivity index (χ4v) is 4.47. The number of hydrogen-bond donors (Lipinski definition) is 4. The molecule has 0 atom stereocenters. The number of amides is 1. The van der Waals surface area contributed by atoms with Gasteiger partial charge in [0.1, 0.15) is 11.5 Å². The van der Waals surface area contributed by atoms with Crippen LogP contribution in [0.25, 0.3) is 33.4 Å². The van der Waals surface area contributed by atoms with E-state index in [9.17, 15) is 13.6 Å². The van der Waals surface area contributed by atoms with E-state index in [1.807, 2.05) is 42.9 Å². The number of aromatic nitrogens is 5. The highest BCUT2D eigenvalue weighted by Crippen LogP contribution is 2.31. The zero-order chi connectivity index (χ0) is 27.5. The van der Waals surface area contributed by atoms with Gasteiger partial charge in [0, 0.05) is 59.7 Å². The zero-order valence-corrected chi connectivity index (χ0v) is 21.1. The van der Waals surface area contributed by atoms with Gasteiger partial charge in [0.05, 0.1) is 17.8 Å². The summed E-state index contributed by atoms with van der Waals surface area (Å²) < 4.78 is 26.7. The molecular weight excluding hydrogens is 512 g/mol. The molecule has 1 amide bonds. The molecule has 0 radical (unpaired) electrons. The van der Waals surface area contributed by atoms with E-state index in [1.54, 1.807) is 24.5 Å². The van der Waals surface area contributed by atoms with Crippen LogP contribution in [0.1, 0.15) is 21.6 Å². The van der Waals surface area contributed by atoms with Crippen LogP contribution in [-0.4, -0.2) is 30.8 Å². The van der Waals surface area contributed by atoms with Crippen LogP contribution in [-0.2, 0) is 13.1 Å². The van der Waals surface area contributed by atoms with Crippen molar-refractivity contribution in [2.24, 2.45) is 0 Å². The van der Waals surface area contributed by atoms with Crippen molar-refractivity contribution in [3.8, 4) is 22.4 Å². The second-order valence-corrected chi connectivity index (χ2v) is 9.13. The summed E-state index contributed by atoms with van der Waals surface area (Å²) in [6, 6.07) is 16.8. The number of anilines is 1. The van der Waals surface area contributed by atoms with E-state index >= 15 is 0 Å². The second kappa shape index (κ2) is 10.8. The third-order valence-electron chi connectivity index (χ3n) is 6.49. The van der Waals surface area contributed by atoms with Crippen molar-refractivity contribution in [3.63, 3.8) is 0 Å². The average Bonchev–Trinajstić information content (AvgIpc) is 3.67. The highest BCUT2D eigenvalue weighted by molar-refractivity contribution is 5.98. The van der Waals surface area contributed by atoms with Crippen molar-refractivity contribution in [1.82, 2.24) is 30.2 Å². The highest BCUT2D eigenvalue weighted by Gasteiger charge is 2.14. The number of carbonyl (C=O) groups is 1. The predicted molar refractivity (Wildman–Crippen MR) is 148 cm³/mol. The molecule has 0 fully saturated rings. The maximum absolute atomic E-state index is 13.5. The number of fused-ring (bicyclic) bond motifs is 1. The van der Waals surface area contributed by atoms with Gasteiger partial charge in [0.15, 0.2) is 11.6 Å². The Bertz CT molecular complexity index is 1810. The Hall–Kier alpha value is -5.38. The summed E-state index contributed by atoms with van der Waals surface area (Å²) in [5.41, 5.74) is 6.23. The van der Waals surface area contributed by atoms with Crippen molar-refractivity contribution in [1.29, 1.82) is 0 Å². The first kappa shape index (κ1) is 24.9. The summed E-state index contributed by atoms with van der Waals surface area (Å²) >= 11 is 0. The highest BCUT2D eigenvalue weighted by atomic mass is 19.2. The Balaban J connectivity index is 1.18. The van der Waals surface area contributed by atoms with E-state index in [1.165, 1.54) is 6.07 Å². The molecule has 5 heterocycles. The summed E-state index contributed by atoms with van der Waals surface area (Å²) in [6.45, 7) is 0.363. The van der Waals surface area contributed by atoms with Crippen LogP contribution in [0, 0.1) is 11.6 Å². The first-order valence-corrected chi connectivity index (χ1v) is 12.5. The number of nitrogens with one attached hydrogen (secondary N) is 4. The summed E-state index contributed by atoms with van der Waals surface area (Å²) in [6.07, 6.45) is 8.95. The Morgan fingerprint density at radius 2 is 1.77 bits per heavy atom. The molecule has 5 aromatic heterocycles. The first-order chi connectivity index (χ1) is 19.5. The molecule has 4 N–H and O–H groups in total. The molecule has 1 aromatic carbocycles. The van der Waals surface area contributed by atoms with Gasteiger partial charge in [-0.3, -0.25) is 9.78 Å². The second-order valence-electron chi connectivity index (χ2n) is 9.13. The van der Waals surface area contributed by atoms with E-state index in [0.29, 0.717) is 23.5 Å². The molecule has 0 aliphatic rings. The zero-order valence-electron chi connectivity index (χ0n) is 21.1. The lowest BCUT2D eigenvalue weighted by atomic mass is 10.0. The Kier molecular flexibility index (Phi) is 6.72. The SMILES string of the molecule is O=C(NCc1ccc(F)c(F)c1)c1cccnc1NCc1cc(-c2c[nH]c3ncc(-c4ccc[nH]4)cc23)ccn1. The maximum Gasteiger partial charge on any atom is 0.255 e. The number of halogens is 2. The molecule has 8 nitrogen and oxygen atoms in total. The molecule has 10 heteroatoms. The molecule has 0 aliphatic carbocycles. The summed E-state index contributed by atoms with van der Waals surface area (Å²) in [5.74, 6) is -1.92. The largest absolute Gasteiger partial charge is 0.364 e. The van der Waals surface area contributed by atoms with Crippen LogP contribution in [0.5, 0.6) is 0 Å². The summed E-state index contributed by atoms with van der Waals surface area (Å²) in [5, 5.41) is 6.91. The molecule has 0 aliphatic heterocycles. The summed E-state index contributed by atoms with van der Waals surface area (Å²) in [7, 11) is 0. The molecule has 0 saturated carbocycles. The monoisotopic (exact) mass is 535 g/mol. The fourth-order valence-electron chi connectivity index (χ4n) is 4.47. The van der Waals surface area contributed by atoms with Gasteiger partial charge in [-0.1, -0.05) is 6.07 Å². The number of rotatable bonds is 8. The molecular formula is C30H23F2N7O. The van der Waals surface area contributed by atoms with Crippen LogP contribution in [0.2, 0.25) is 0 Å². The number of benzene rings is 1. The lowest BCUT2D eigenvalue weighted by Gasteiger charge is -2.12. The standard InChI is InChI=1S/C30H23F2N7O/c31-25-6-5-18(11-26(25)32)14-39-30(40)22-3-1-9-35-28(22)37-16-21-12-19(7-10-33-21)24-17-38-29-23(24)13-20(15-36-29)27-4-2-8-34-27/h1-13,15,17,34H,14,16H2,(H,35,37)(H,36,38)(H,39,40). The third-order valence-corrected chi connectivity index (χ3v) is 6.49. The van der Waals surface area contributed by atoms with E-state index in [4.69, 9.17) is 0 Å². The quantitative estimate of drug-likeness (QED) is 0.196. The van der Waals surface area contributed by atoms with Crippen LogP contribution in [0.15, 0.2) is 91.6 Å². The number of H-pyrrole nitrogens is 2. The van der Waals surface area contributed by atoms with Gasteiger partial charge in [-0.15, -0.1) is 0 Å². The van der Waals surface area contributed by atoms with Crippen LogP contribution >= 0.6 is 0 Å². The molecule has 6 rings (SSSR count). The van der Waals surface area contributed by atoms with Crippen molar-refractivity contribution >= 4 is 22.8 Å². The molecule has 0 spiro atoms. The molecule has 6 aromatic rings. The Labute approximate surface area is 227 Å². The minimum absolute atomic E-state index is 0.0407. The number of nitrogens with zero attached hydrogens (tertiary/aromatic N) is 3. The normalized spacial score (nSPS) is 11.1. The van der Waals surface area contributed by atoms with Crippen molar-refractivity contribution in [3.05, 3.63) is 120 Å². The lowest BCUT2D eigenvalue weighted by molar-refractivity contribution is 0.0951. The van der Waals surface area contributed by atoms with Gasteiger partial charge in [-0.2, -0.15) is 0 Å². The van der Waals surface area contributed by atoms with Gasteiger partial charge >= 0.3 is 0 Å². The maximum atomic E-state index is 13.5. The predicted octanol–water partition coefficient (Wildman–Crippen LogP) is 5.84. The molecule has 0 saturated heterocycles. The van der Waals surface area contributed by atoms with Crippen molar-refractivity contribution in [2.45, 2.75) is 13.1 Å². The number of hydrogen-bond acceptors (Lipinski definition) is 5. The van der Waals surface area contributed by atoms with Crippen LogP contribution < -0.4 is 10.6 Å². The van der Waals surface area contributed by atoms with Gasteiger partial charge in [0.2, 0.25) is 0 Å². The number of pyridine rings is 3. The van der Waals surface area contributed by atoms with Crippen LogP contribution in [0.3, 0.4) is 0 Å². The first-order valence-electron chi connectivity index (χ1n) is 12.5. The molecule has 0 bridgehead atoms. The number of aromatic amines is 2. The van der Waals surface area contributed by atoms with Crippen molar-refractivity contribution < 1.29 is 13.6 Å². The van der Waals surface area contributed by atoms with Gasteiger partial charge < -0.3 is 20.6 Å². The topological polar surface area (TPSA) is 111 Å². The van der Waals surface area contributed by atoms with Gasteiger partial charge in [-0.05, 0) is 65.7 Å². The third kappa shape index (κ3) is 5.14. The fraction of sp³-hybridized carbons (Fsp3) is 0.0667. The molecule has 198 valence electrons. The minimum atomic E-state index is -0.963. The van der Waals surface area contributed by atoms with E-state index < -0.39 is 17.5 Å². The van der Waals surface area contributed by atoms with Crippen LogP contribution in [0.4, 0.5) is 14.6 Å². The minimum Gasteiger partial charge on any atom is -0.364 e. The van der Waals surface area contributed by atoms with E-state index in [-0.39, 0.29) is 6.54 Å². The van der Waals surface area contributed by atoms with E-state index in [2.05, 4.69) is 41.6 Å². The van der Waals surface area contributed by atoms with E-state index in [0.717, 1.165) is 51.2 Å².